The molecule has 0 unspecified atom stereocenters. The molecule has 0 aliphatic heterocycles. The van der Waals surface area contributed by atoms with Crippen LogP contribution in [0.5, 0.6) is 0 Å². The fourth-order valence-electron chi connectivity index (χ4n) is 1.58. The Labute approximate surface area is 135 Å². The molecule has 7 nitrogen and oxygen atoms in total. The number of hydrogen-bond acceptors (Lipinski definition) is 4. The maximum atomic E-state index is 12.2. The third-order valence-corrected chi connectivity index (χ3v) is 5.14. The molecule has 1 aromatic carbocycles. The lowest BCUT2D eigenvalue weighted by Crippen LogP contribution is -2.13. The maximum Gasteiger partial charge on any atom is 0.325 e. The molecule has 0 aliphatic rings. The molecule has 0 saturated heterocycles. The second-order valence-electron chi connectivity index (χ2n) is 4.34. The number of rotatable bonds is 5. The van der Waals surface area contributed by atoms with Crippen LogP contribution in [-0.2, 0) is 21.4 Å². The molecule has 0 saturated carbocycles. The molecular weight excluding hydrogens is 409 g/mol. The van der Waals surface area contributed by atoms with Crippen LogP contribution in [0.15, 0.2) is 35.5 Å². The molecule has 2 N–H and O–H groups in total. The first-order valence-corrected chi connectivity index (χ1v) is 8.37. The Morgan fingerprint density at radius 3 is 2.81 bits per heavy atom. The van der Waals surface area contributed by atoms with E-state index in [-0.39, 0.29) is 4.90 Å². The van der Waals surface area contributed by atoms with Crippen LogP contribution in [0.25, 0.3) is 0 Å². The van der Waals surface area contributed by atoms with Gasteiger partial charge in [0.05, 0.1) is 6.20 Å². The van der Waals surface area contributed by atoms with Crippen LogP contribution in [0.3, 0.4) is 0 Å². The molecule has 0 fully saturated rings. The second kappa shape index (κ2) is 6.02. The van der Waals surface area contributed by atoms with Gasteiger partial charge >= 0.3 is 5.97 Å². The van der Waals surface area contributed by atoms with E-state index in [9.17, 15) is 13.2 Å². The molecule has 0 atom stereocenters. The van der Waals surface area contributed by atoms with E-state index >= 15 is 0 Å². The summed E-state index contributed by atoms with van der Waals surface area (Å²) in [5.74, 6) is -1.09. The van der Waals surface area contributed by atoms with Gasteiger partial charge in [0.1, 0.15) is 11.4 Å². The van der Waals surface area contributed by atoms with E-state index in [0.29, 0.717) is 5.69 Å². The molecule has 0 spiro atoms. The van der Waals surface area contributed by atoms with Gasteiger partial charge < -0.3 is 5.11 Å². The average molecular weight is 421 g/mol. The van der Waals surface area contributed by atoms with Crippen molar-refractivity contribution in [3.8, 4) is 0 Å². The van der Waals surface area contributed by atoms with Crippen LogP contribution in [0.2, 0.25) is 0 Å². The van der Waals surface area contributed by atoms with Gasteiger partial charge in [0, 0.05) is 15.5 Å². The van der Waals surface area contributed by atoms with Crippen LogP contribution >= 0.6 is 22.6 Å². The summed E-state index contributed by atoms with van der Waals surface area (Å²) in [6.45, 7) is 1.54. The lowest BCUT2D eigenvalue weighted by molar-refractivity contribution is -0.137. The first kappa shape index (κ1) is 15.8. The zero-order valence-electron chi connectivity index (χ0n) is 10.9. The quantitative estimate of drug-likeness (QED) is 0.716. The minimum absolute atomic E-state index is 0.0840. The molecule has 0 aliphatic carbocycles. The fourth-order valence-corrected chi connectivity index (χ4v) is 3.10. The summed E-state index contributed by atoms with van der Waals surface area (Å²) >= 11 is 2.12. The second-order valence-corrected chi connectivity index (χ2v) is 7.18. The molecule has 112 valence electrons. The van der Waals surface area contributed by atoms with Crippen molar-refractivity contribution in [3.63, 3.8) is 0 Å². The van der Waals surface area contributed by atoms with Gasteiger partial charge in [-0.05, 0) is 47.2 Å². The van der Waals surface area contributed by atoms with Crippen LogP contribution in [0.1, 0.15) is 5.56 Å². The summed E-state index contributed by atoms with van der Waals surface area (Å²) in [6, 6.07) is 5.19. The number of carbonyl (C=O) groups is 1. The molecule has 1 aromatic heterocycles. The standard InChI is InChI=1S/C12H12IN3O4S/c1-8-2-3-9(4-11(8)13)15-21(19,20)10-5-14-16(6-10)7-12(17)18/h2-6,15H,7H2,1H3,(H,17,18). The van der Waals surface area contributed by atoms with Crippen molar-refractivity contribution in [3.05, 3.63) is 39.7 Å². The third-order valence-electron chi connectivity index (χ3n) is 2.64. The Hall–Kier alpha value is -1.62. The molecular formula is C12H12IN3O4S. The average Bonchev–Trinajstić information content (AvgIpc) is 2.82. The molecule has 9 heteroatoms. The summed E-state index contributed by atoms with van der Waals surface area (Å²) in [5, 5.41) is 12.4. The van der Waals surface area contributed by atoms with E-state index < -0.39 is 22.5 Å². The van der Waals surface area contributed by atoms with E-state index in [2.05, 4.69) is 32.4 Å². The van der Waals surface area contributed by atoms with E-state index in [1.165, 1.54) is 6.20 Å². The Morgan fingerprint density at radius 1 is 1.48 bits per heavy atom. The molecule has 2 aromatic rings. The number of aryl methyl sites for hydroxylation is 1. The Bertz CT molecular complexity index is 786. The monoisotopic (exact) mass is 421 g/mol. The molecule has 21 heavy (non-hydrogen) atoms. The third kappa shape index (κ3) is 3.94. The fraction of sp³-hybridized carbons (Fsp3) is 0.167. The van der Waals surface area contributed by atoms with Crippen molar-refractivity contribution < 1.29 is 18.3 Å². The highest BCUT2D eigenvalue weighted by atomic mass is 127. The first-order valence-electron chi connectivity index (χ1n) is 5.81. The van der Waals surface area contributed by atoms with Crippen LogP contribution in [-0.4, -0.2) is 29.3 Å². The van der Waals surface area contributed by atoms with Crippen molar-refractivity contribution in [2.75, 3.05) is 4.72 Å². The number of carboxylic acids is 1. The first-order chi connectivity index (χ1) is 9.78. The Morgan fingerprint density at radius 2 is 2.19 bits per heavy atom. The van der Waals surface area contributed by atoms with Crippen molar-refractivity contribution in [2.45, 2.75) is 18.4 Å². The number of anilines is 1. The van der Waals surface area contributed by atoms with Crippen LogP contribution in [0.4, 0.5) is 5.69 Å². The summed E-state index contributed by atoms with van der Waals surface area (Å²) in [7, 11) is -3.79. The lowest BCUT2D eigenvalue weighted by atomic mass is 10.2. The SMILES string of the molecule is Cc1ccc(NS(=O)(=O)c2cnn(CC(=O)O)c2)cc1I. The molecule has 1 heterocycles. The minimum Gasteiger partial charge on any atom is -0.480 e. The summed E-state index contributed by atoms with van der Waals surface area (Å²) in [6.07, 6.45) is 2.29. The van der Waals surface area contributed by atoms with Gasteiger partial charge in [-0.25, -0.2) is 8.42 Å². The molecule has 0 radical (unpaired) electrons. The van der Waals surface area contributed by atoms with Gasteiger partial charge in [-0.3, -0.25) is 14.2 Å². The Kier molecular flexibility index (Phi) is 4.52. The lowest BCUT2D eigenvalue weighted by Gasteiger charge is -2.07. The minimum atomic E-state index is -3.79. The molecule has 0 amide bonds. The van der Waals surface area contributed by atoms with Crippen molar-refractivity contribution >= 4 is 44.3 Å². The number of nitrogens with one attached hydrogen (secondary N) is 1. The van der Waals surface area contributed by atoms with Crippen molar-refractivity contribution in [1.82, 2.24) is 9.78 Å². The topological polar surface area (TPSA) is 101 Å². The van der Waals surface area contributed by atoms with Crippen molar-refractivity contribution in [1.29, 1.82) is 0 Å². The van der Waals surface area contributed by atoms with Gasteiger partial charge in [-0.2, -0.15) is 5.10 Å². The molecule has 2 rings (SSSR count). The zero-order chi connectivity index (χ0) is 15.6. The van der Waals surface area contributed by atoms with Crippen LogP contribution in [0, 0.1) is 10.5 Å². The number of aliphatic carboxylic acids is 1. The van der Waals surface area contributed by atoms with Crippen LogP contribution < -0.4 is 4.72 Å². The van der Waals surface area contributed by atoms with E-state index in [1.54, 1.807) is 12.1 Å². The zero-order valence-corrected chi connectivity index (χ0v) is 13.9. The number of halogens is 1. The largest absolute Gasteiger partial charge is 0.480 e. The number of nitrogens with zero attached hydrogens (tertiary/aromatic N) is 2. The van der Waals surface area contributed by atoms with Gasteiger partial charge in [0.2, 0.25) is 0 Å². The number of sulfonamides is 1. The van der Waals surface area contributed by atoms with Crippen molar-refractivity contribution in [2.24, 2.45) is 0 Å². The molecule has 0 bridgehead atoms. The highest BCUT2D eigenvalue weighted by Gasteiger charge is 2.17. The van der Waals surface area contributed by atoms with Gasteiger partial charge in [-0.15, -0.1) is 0 Å². The normalized spacial score (nSPS) is 11.3. The van der Waals surface area contributed by atoms with E-state index in [4.69, 9.17) is 5.11 Å². The smallest absolute Gasteiger partial charge is 0.325 e. The summed E-state index contributed by atoms with van der Waals surface area (Å²) in [4.78, 5) is 10.5. The maximum absolute atomic E-state index is 12.2. The van der Waals surface area contributed by atoms with E-state index in [0.717, 1.165) is 20.0 Å². The summed E-state index contributed by atoms with van der Waals surface area (Å²) in [5.41, 5.74) is 1.49. The number of hydrogen-bond donors (Lipinski definition) is 2. The highest BCUT2D eigenvalue weighted by Crippen LogP contribution is 2.20. The number of aromatic nitrogens is 2. The van der Waals surface area contributed by atoms with Gasteiger partial charge in [0.25, 0.3) is 10.0 Å². The highest BCUT2D eigenvalue weighted by molar-refractivity contribution is 14.1. The van der Waals surface area contributed by atoms with Gasteiger partial charge in [-0.1, -0.05) is 6.07 Å². The Balaban J connectivity index is 2.23. The number of carboxylic acid groups (broad SMARTS) is 1. The number of benzene rings is 1. The summed E-state index contributed by atoms with van der Waals surface area (Å²) < 4.78 is 28.8. The predicted octanol–water partition coefficient (Wildman–Crippen LogP) is 1.68. The van der Waals surface area contributed by atoms with Gasteiger partial charge in [0.15, 0.2) is 0 Å². The van der Waals surface area contributed by atoms with E-state index in [1.807, 2.05) is 13.0 Å². The predicted molar refractivity (Wildman–Crippen MR) is 84.6 cm³/mol.